The predicted molar refractivity (Wildman–Crippen MR) is 114 cm³/mol. The van der Waals surface area contributed by atoms with Gasteiger partial charge < -0.3 is 19.5 Å². The zero-order valence-electron chi connectivity index (χ0n) is 16.3. The van der Waals surface area contributed by atoms with Crippen molar-refractivity contribution in [3.63, 3.8) is 0 Å². The first-order chi connectivity index (χ1) is 14.0. The Hall–Kier alpha value is -1.86. The van der Waals surface area contributed by atoms with Crippen LogP contribution >= 0.6 is 23.2 Å². The van der Waals surface area contributed by atoms with Crippen LogP contribution in [-0.4, -0.2) is 48.5 Å². The zero-order chi connectivity index (χ0) is 20.6. The maximum absolute atomic E-state index is 9.96. The van der Waals surface area contributed by atoms with Crippen molar-refractivity contribution in [3.8, 4) is 17.0 Å². The molecule has 8 heteroatoms. The Bertz CT molecular complexity index is 943. The van der Waals surface area contributed by atoms with Gasteiger partial charge in [0.15, 0.2) is 5.82 Å². The minimum absolute atomic E-state index is 0.0743. The fourth-order valence-corrected chi connectivity index (χ4v) is 4.53. The molecule has 154 valence electrons. The van der Waals surface area contributed by atoms with Gasteiger partial charge in [-0.25, -0.2) is 9.97 Å². The van der Waals surface area contributed by atoms with Crippen LogP contribution < -0.4 is 9.64 Å². The van der Waals surface area contributed by atoms with Crippen molar-refractivity contribution in [2.45, 2.75) is 19.4 Å². The van der Waals surface area contributed by atoms with Crippen LogP contribution in [0.5, 0.6) is 5.75 Å². The number of methoxy groups -OCH3 is 1. The van der Waals surface area contributed by atoms with Gasteiger partial charge in [-0.15, -0.1) is 0 Å². The smallest absolute Gasteiger partial charge is 0.152 e. The Kier molecular flexibility index (Phi) is 5.71. The van der Waals surface area contributed by atoms with Crippen molar-refractivity contribution in [2.75, 3.05) is 38.3 Å². The standard InChI is InChI=1S/C21H23Cl2N3O3/c1-13-11-29-12-21(13)5-7-26(8-6-21)20-16(10-27)25-15(9-24-20)18-17(28-2)4-3-14(22)19(18)23/h3-4,9,27H,1,5-8,10-12H2,2H3. The highest BCUT2D eigenvalue weighted by Gasteiger charge is 2.41. The molecule has 4 rings (SSSR count). The van der Waals surface area contributed by atoms with Crippen LogP contribution in [0.15, 0.2) is 30.5 Å². The second-order valence-electron chi connectivity index (χ2n) is 7.49. The molecule has 2 fully saturated rings. The van der Waals surface area contributed by atoms with Crippen LogP contribution in [0.3, 0.4) is 0 Å². The molecule has 0 radical (unpaired) electrons. The van der Waals surface area contributed by atoms with Crippen molar-refractivity contribution >= 4 is 29.0 Å². The molecule has 29 heavy (non-hydrogen) atoms. The molecule has 0 aliphatic carbocycles. The highest BCUT2D eigenvalue weighted by molar-refractivity contribution is 6.44. The molecule has 0 unspecified atom stereocenters. The quantitative estimate of drug-likeness (QED) is 0.728. The van der Waals surface area contributed by atoms with Crippen molar-refractivity contribution in [3.05, 3.63) is 46.2 Å². The second kappa shape index (κ2) is 8.11. The molecular formula is C21H23Cl2N3O3. The van der Waals surface area contributed by atoms with Crippen LogP contribution in [0.4, 0.5) is 5.82 Å². The van der Waals surface area contributed by atoms with Gasteiger partial charge in [0, 0.05) is 18.5 Å². The topological polar surface area (TPSA) is 67.7 Å². The Morgan fingerprint density at radius 1 is 1.31 bits per heavy atom. The molecule has 0 saturated carbocycles. The summed E-state index contributed by atoms with van der Waals surface area (Å²) in [6.45, 7) is 6.98. The van der Waals surface area contributed by atoms with Gasteiger partial charge in [-0.1, -0.05) is 29.8 Å². The lowest BCUT2D eigenvalue weighted by Gasteiger charge is -2.40. The highest BCUT2D eigenvalue weighted by atomic mass is 35.5. The van der Waals surface area contributed by atoms with Gasteiger partial charge in [-0.2, -0.15) is 0 Å². The summed E-state index contributed by atoms with van der Waals surface area (Å²) in [6.07, 6.45) is 3.55. The minimum atomic E-state index is -0.228. The minimum Gasteiger partial charge on any atom is -0.496 e. The van der Waals surface area contributed by atoms with Crippen LogP contribution in [-0.2, 0) is 11.3 Å². The number of aliphatic hydroxyl groups is 1. The molecule has 3 heterocycles. The number of halogens is 2. The Labute approximate surface area is 180 Å². The van der Waals surface area contributed by atoms with Gasteiger partial charge in [0.2, 0.25) is 0 Å². The van der Waals surface area contributed by atoms with E-state index in [1.165, 1.54) is 5.57 Å². The summed E-state index contributed by atoms with van der Waals surface area (Å²) in [6, 6.07) is 3.41. The van der Waals surface area contributed by atoms with Crippen molar-refractivity contribution < 1.29 is 14.6 Å². The number of rotatable bonds is 4. The number of aliphatic hydroxyl groups excluding tert-OH is 1. The SMILES string of the molecule is C=C1COCC12CCN(c1ncc(-c3c(OC)ccc(Cl)c3Cl)nc1CO)CC2. The van der Waals surface area contributed by atoms with Gasteiger partial charge in [-0.05, 0) is 30.5 Å². The summed E-state index contributed by atoms with van der Waals surface area (Å²) in [5, 5.41) is 10.7. The van der Waals surface area contributed by atoms with E-state index in [2.05, 4.69) is 21.4 Å². The number of hydrogen-bond donors (Lipinski definition) is 1. The molecule has 1 N–H and O–H groups in total. The first-order valence-corrected chi connectivity index (χ1v) is 10.2. The molecule has 0 amide bonds. The summed E-state index contributed by atoms with van der Waals surface area (Å²) < 4.78 is 11.0. The van der Waals surface area contributed by atoms with Crippen molar-refractivity contribution in [1.29, 1.82) is 0 Å². The van der Waals surface area contributed by atoms with Crippen molar-refractivity contribution in [1.82, 2.24) is 9.97 Å². The first-order valence-electron chi connectivity index (χ1n) is 9.49. The Morgan fingerprint density at radius 2 is 2.07 bits per heavy atom. The maximum Gasteiger partial charge on any atom is 0.152 e. The average molecular weight is 436 g/mol. The van der Waals surface area contributed by atoms with Gasteiger partial charge >= 0.3 is 0 Å². The third-order valence-corrected chi connectivity index (χ3v) is 6.73. The van der Waals surface area contributed by atoms with Crippen LogP contribution in [0, 0.1) is 5.41 Å². The van der Waals surface area contributed by atoms with E-state index in [9.17, 15) is 5.11 Å². The number of piperidine rings is 1. The van der Waals surface area contributed by atoms with E-state index in [0.717, 1.165) is 32.5 Å². The molecule has 1 spiro atoms. The number of nitrogens with zero attached hydrogens (tertiary/aromatic N) is 3. The fourth-order valence-electron chi connectivity index (χ4n) is 4.12. The van der Waals surface area contributed by atoms with E-state index in [-0.39, 0.29) is 12.0 Å². The van der Waals surface area contributed by atoms with E-state index in [0.29, 0.717) is 45.2 Å². The summed E-state index contributed by atoms with van der Waals surface area (Å²) in [5.74, 6) is 1.23. The monoisotopic (exact) mass is 435 g/mol. The lowest BCUT2D eigenvalue weighted by molar-refractivity contribution is 0.136. The summed E-state index contributed by atoms with van der Waals surface area (Å²) in [5.41, 5.74) is 2.83. The predicted octanol–water partition coefficient (Wildman–Crippen LogP) is 4.12. The van der Waals surface area contributed by atoms with Gasteiger partial charge in [0.25, 0.3) is 0 Å². The highest BCUT2D eigenvalue weighted by Crippen LogP contribution is 2.44. The number of anilines is 1. The summed E-state index contributed by atoms with van der Waals surface area (Å²) in [4.78, 5) is 11.4. The number of hydrogen-bond acceptors (Lipinski definition) is 6. The third-order valence-electron chi connectivity index (χ3n) is 5.93. The lowest BCUT2D eigenvalue weighted by Crippen LogP contribution is -2.42. The molecule has 2 aliphatic rings. The van der Waals surface area contributed by atoms with E-state index in [4.69, 9.17) is 32.7 Å². The van der Waals surface area contributed by atoms with Gasteiger partial charge in [0.1, 0.15) is 11.4 Å². The molecule has 1 aromatic heterocycles. The number of aromatic nitrogens is 2. The average Bonchev–Trinajstić information content (AvgIpc) is 3.09. The molecule has 2 aliphatic heterocycles. The first kappa shape index (κ1) is 20.4. The Balaban J connectivity index is 1.64. The van der Waals surface area contributed by atoms with E-state index in [1.54, 1.807) is 25.4 Å². The zero-order valence-corrected chi connectivity index (χ0v) is 17.8. The second-order valence-corrected chi connectivity index (χ2v) is 8.27. The fraction of sp³-hybridized carbons (Fsp3) is 0.429. The lowest BCUT2D eigenvalue weighted by atomic mass is 9.75. The third kappa shape index (κ3) is 3.59. The summed E-state index contributed by atoms with van der Waals surface area (Å²) >= 11 is 12.6. The van der Waals surface area contributed by atoms with E-state index >= 15 is 0 Å². The summed E-state index contributed by atoms with van der Waals surface area (Å²) in [7, 11) is 1.56. The molecule has 0 bridgehead atoms. The molecule has 6 nitrogen and oxygen atoms in total. The van der Waals surface area contributed by atoms with Crippen molar-refractivity contribution in [2.24, 2.45) is 5.41 Å². The van der Waals surface area contributed by atoms with E-state index in [1.807, 2.05) is 0 Å². The molecule has 1 aromatic carbocycles. The van der Waals surface area contributed by atoms with Gasteiger partial charge in [0.05, 0.1) is 54.4 Å². The van der Waals surface area contributed by atoms with Crippen LogP contribution in [0.2, 0.25) is 10.0 Å². The van der Waals surface area contributed by atoms with Crippen LogP contribution in [0.25, 0.3) is 11.3 Å². The van der Waals surface area contributed by atoms with Gasteiger partial charge in [-0.3, -0.25) is 0 Å². The van der Waals surface area contributed by atoms with Crippen LogP contribution in [0.1, 0.15) is 18.5 Å². The molecule has 2 saturated heterocycles. The number of ether oxygens (including phenoxy) is 2. The largest absolute Gasteiger partial charge is 0.496 e. The number of benzene rings is 1. The molecule has 2 aromatic rings. The maximum atomic E-state index is 9.96. The molecular weight excluding hydrogens is 413 g/mol. The molecule has 0 atom stereocenters. The Morgan fingerprint density at radius 3 is 2.69 bits per heavy atom. The normalized spacial score (nSPS) is 18.5. The van der Waals surface area contributed by atoms with E-state index < -0.39 is 0 Å².